The van der Waals surface area contributed by atoms with Crippen molar-refractivity contribution in [2.24, 2.45) is 0 Å². The average Bonchev–Trinajstić information content (AvgIpc) is 2.98. The van der Waals surface area contributed by atoms with Gasteiger partial charge in [0, 0.05) is 10.0 Å². The number of rotatable bonds is 5. The molecule has 3 nitrogen and oxygen atoms in total. The maximum atomic E-state index is 6.26. The highest BCUT2D eigenvalue weighted by molar-refractivity contribution is 9.10. The summed E-state index contributed by atoms with van der Waals surface area (Å²) < 4.78 is 7.22. The monoisotopic (exact) mass is 541 g/mol. The van der Waals surface area contributed by atoms with Gasteiger partial charge < -0.3 is 0 Å². The molecule has 0 unspecified atom stereocenters. The Balaban J connectivity index is 1.42. The highest BCUT2D eigenvalue weighted by Gasteiger charge is 2.24. The van der Waals surface area contributed by atoms with Gasteiger partial charge in [-0.3, -0.25) is 0 Å². The SMILES string of the molecule is Brc1cccc(-c2nc(-c3ccc(-c4ccccc4)cc3)nc(-c3ccc(-c4ccccc4)cc3)[o+]2)c1. The zero-order valence-electron chi connectivity index (χ0n) is 19.9. The second-order valence-corrected chi connectivity index (χ2v) is 9.57. The topological polar surface area (TPSA) is 37.1 Å². The molecule has 5 aromatic carbocycles. The summed E-state index contributed by atoms with van der Waals surface area (Å²) in [4.78, 5) is 9.65. The summed E-state index contributed by atoms with van der Waals surface area (Å²) in [7, 11) is 0. The van der Waals surface area contributed by atoms with E-state index in [0.29, 0.717) is 17.6 Å². The van der Waals surface area contributed by atoms with Gasteiger partial charge in [-0.2, -0.15) is 4.42 Å². The fourth-order valence-corrected chi connectivity index (χ4v) is 4.63. The molecule has 0 N–H and O–H groups in total. The largest absolute Gasteiger partial charge is 0.464 e. The number of benzene rings is 5. The Morgan fingerprint density at radius 2 is 0.838 bits per heavy atom. The van der Waals surface area contributed by atoms with Crippen LogP contribution in [-0.2, 0) is 0 Å². The van der Waals surface area contributed by atoms with Crippen LogP contribution in [0.2, 0.25) is 0 Å². The van der Waals surface area contributed by atoms with Gasteiger partial charge in [-0.15, -0.1) is 9.97 Å². The smallest absolute Gasteiger partial charge is 0.166 e. The fourth-order valence-electron chi connectivity index (χ4n) is 4.23. The third kappa shape index (κ3) is 5.11. The lowest BCUT2D eigenvalue weighted by Crippen LogP contribution is -1.96. The van der Waals surface area contributed by atoms with E-state index in [2.05, 4.69) is 76.6 Å². The van der Waals surface area contributed by atoms with Crippen LogP contribution in [0.15, 0.2) is 142 Å². The Morgan fingerprint density at radius 3 is 1.38 bits per heavy atom. The van der Waals surface area contributed by atoms with Gasteiger partial charge in [0.25, 0.3) is 0 Å². The van der Waals surface area contributed by atoms with Crippen LogP contribution in [0.1, 0.15) is 0 Å². The molecule has 0 saturated heterocycles. The van der Waals surface area contributed by atoms with E-state index in [-0.39, 0.29) is 0 Å². The zero-order chi connectivity index (χ0) is 25.0. The van der Waals surface area contributed by atoms with E-state index in [1.807, 2.05) is 72.8 Å². The highest BCUT2D eigenvalue weighted by atomic mass is 79.9. The lowest BCUT2D eigenvalue weighted by molar-refractivity contribution is 0.540. The van der Waals surface area contributed by atoms with Gasteiger partial charge in [0.2, 0.25) is 0 Å². The molecule has 0 aliphatic carbocycles. The van der Waals surface area contributed by atoms with Gasteiger partial charge in [0.05, 0.1) is 0 Å². The van der Waals surface area contributed by atoms with Crippen molar-refractivity contribution < 1.29 is 4.42 Å². The Kier molecular flexibility index (Phi) is 6.40. The summed E-state index contributed by atoms with van der Waals surface area (Å²) in [6, 6.07) is 45.2. The van der Waals surface area contributed by atoms with Gasteiger partial charge in [-0.1, -0.05) is 119 Å². The van der Waals surface area contributed by atoms with Crippen LogP contribution >= 0.6 is 15.9 Å². The van der Waals surface area contributed by atoms with Gasteiger partial charge in [-0.25, -0.2) is 0 Å². The number of halogens is 1. The van der Waals surface area contributed by atoms with Gasteiger partial charge >= 0.3 is 11.8 Å². The Morgan fingerprint density at radius 1 is 0.405 bits per heavy atom. The minimum Gasteiger partial charge on any atom is -0.166 e. The maximum Gasteiger partial charge on any atom is 0.464 e. The van der Waals surface area contributed by atoms with Crippen molar-refractivity contribution in [2.75, 3.05) is 0 Å². The molecule has 37 heavy (non-hydrogen) atoms. The second kappa shape index (κ2) is 10.3. The molecule has 0 radical (unpaired) electrons. The van der Waals surface area contributed by atoms with E-state index in [1.165, 1.54) is 11.1 Å². The summed E-state index contributed by atoms with van der Waals surface area (Å²) in [6.45, 7) is 0. The first-order valence-corrected chi connectivity index (χ1v) is 12.8. The first kappa shape index (κ1) is 23.0. The van der Waals surface area contributed by atoms with Gasteiger partial charge in [-0.05, 0) is 52.6 Å². The Labute approximate surface area is 224 Å². The normalized spacial score (nSPS) is 10.8. The number of nitrogens with zero attached hydrogens (tertiary/aromatic N) is 2. The molecule has 6 aromatic rings. The van der Waals surface area contributed by atoms with E-state index < -0.39 is 0 Å². The summed E-state index contributed by atoms with van der Waals surface area (Å²) in [6.07, 6.45) is 0. The summed E-state index contributed by atoms with van der Waals surface area (Å²) in [5.74, 6) is 1.65. The first-order valence-electron chi connectivity index (χ1n) is 12.0. The van der Waals surface area contributed by atoms with E-state index in [0.717, 1.165) is 32.3 Å². The van der Waals surface area contributed by atoms with Crippen LogP contribution in [0.25, 0.3) is 56.6 Å². The second-order valence-electron chi connectivity index (χ2n) is 8.66. The van der Waals surface area contributed by atoms with E-state index >= 15 is 0 Å². The van der Waals surface area contributed by atoms with Crippen LogP contribution < -0.4 is 0 Å². The van der Waals surface area contributed by atoms with Crippen molar-refractivity contribution in [1.29, 1.82) is 0 Å². The summed E-state index contributed by atoms with van der Waals surface area (Å²) >= 11 is 3.56. The number of hydrogen-bond donors (Lipinski definition) is 0. The molecule has 0 spiro atoms. The minimum absolute atomic E-state index is 0.514. The van der Waals surface area contributed by atoms with Gasteiger partial charge in [0.1, 0.15) is 11.1 Å². The zero-order valence-corrected chi connectivity index (χ0v) is 21.5. The quantitative estimate of drug-likeness (QED) is 0.204. The molecule has 0 fully saturated rings. The predicted molar refractivity (Wildman–Crippen MR) is 154 cm³/mol. The van der Waals surface area contributed by atoms with Crippen molar-refractivity contribution in [3.8, 4) is 56.6 Å². The van der Waals surface area contributed by atoms with E-state index in [1.54, 1.807) is 0 Å². The van der Waals surface area contributed by atoms with Crippen LogP contribution in [0.5, 0.6) is 0 Å². The summed E-state index contributed by atoms with van der Waals surface area (Å²) in [5.41, 5.74) is 7.32. The predicted octanol–water partition coefficient (Wildman–Crippen LogP) is 9.45. The standard InChI is InChI=1S/C33H22BrN2O/c34-30-13-7-12-29(22-30)33-36-31(27-18-14-25(15-19-27)23-8-3-1-4-9-23)35-32(37-33)28-20-16-26(17-21-28)24-10-5-2-6-11-24/h1-22H/q+1. The lowest BCUT2D eigenvalue weighted by atomic mass is 10.0. The molecule has 1 aromatic heterocycles. The van der Waals surface area contributed by atoms with Crippen LogP contribution in [0.3, 0.4) is 0 Å². The van der Waals surface area contributed by atoms with Crippen molar-refractivity contribution in [1.82, 2.24) is 9.97 Å². The van der Waals surface area contributed by atoms with Crippen molar-refractivity contribution >= 4 is 15.9 Å². The molecule has 0 bridgehead atoms. The highest BCUT2D eigenvalue weighted by Crippen LogP contribution is 2.31. The van der Waals surface area contributed by atoms with Crippen molar-refractivity contribution in [2.45, 2.75) is 0 Å². The van der Waals surface area contributed by atoms with Crippen molar-refractivity contribution in [3.05, 3.63) is 138 Å². The van der Waals surface area contributed by atoms with Crippen molar-refractivity contribution in [3.63, 3.8) is 0 Å². The maximum absolute atomic E-state index is 6.26. The molecular weight excluding hydrogens is 520 g/mol. The van der Waals surface area contributed by atoms with Gasteiger partial charge in [0.15, 0.2) is 5.82 Å². The Hall–Kier alpha value is -4.41. The fraction of sp³-hybridized carbons (Fsp3) is 0. The van der Waals surface area contributed by atoms with Crippen LogP contribution in [0, 0.1) is 0 Å². The molecule has 0 aliphatic heterocycles. The molecule has 176 valence electrons. The lowest BCUT2D eigenvalue weighted by Gasteiger charge is -2.04. The average molecular weight is 542 g/mol. The third-order valence-electron chi connectivity index (χ3n) is 6.17. The van der Waals surface area contributed by atoms with Crippen LogP contribution in [-0.4, -0.2) is 9.97 Å². The molecule has 0 amide bonds. The number of hydrogen-bond acceptors (Lipinski definition) is 2. The van der Waals surface area contributed by atoms with Crippen LogP contribution in [0.4, 0.5) is 0 Å². The Bertz CT molecular complexity index is 1550. The van der Waals surface area contributed by atoms with E-state index in [9.17, 15) is 0 Å². The molecule has 4 heteroatoms. The molecular formula is C33H22BrN2O+. The first-order chi connectivity index (χ1) is 18.2. The minimum atomic E-state index is 0.514. The third-order valence-corrected chi connectivity index (χ3v) is 6.66. The molecule has 0 aliphatic rings. The molecule has 0 saturated carbocycles. The molecule has 6 rings (SSSR count). The van der Waals surface area contributed by atoms with E-state index in [4.69, 9.17) is 14.4 Å². The number of aromatic nitrogens is 2. The summed E-state index contributed by atoms with van der Waals surface area (Å²) in [5, 5.41) is 0. The molecule has 1 heterocycles. The molecule has 0 atom stereocenters.